The van der Waals surface area contributed by atoms with Crippen molar-refractivity contribution in [2.24, 2.45) is 0 Å². The topological polar surface area (TPSA) is 49.4 Å². The summed E-state index contributed by atoms with van der Waals surface area (Å²) < 4.78 is 0. The van der Waals surface area contributed by atoms with Gasteiger partial charge in [0.15, 0.2) is 0 Å². The number of alkyl halides is 1. The molecule has 1 N–H and O–H groups in total. The van der Waals surface area contributed by atoms with Gasteiger partial charge in [-0.3, -0.25) is 9.59 Å². The molecule has 4 nitrogen and oxygen atoms in total. The van der Waals surface area contributed by atoms with Gasteiger partial charge >= 0.3 is 0 Å². The monoisotopic (exact) mass is 276 g/mol. The number of hydrogen-bond acceptors (Lipinski definition) is 2. The average molecular weight is 277 g/mol. The molecule has 5 heteroatoms. The van der Waals surface area contributed by atoms with E-state index in [0.717, 1.165) is 13.0 Å². The second-order valence-corrected chi connectivity index (χ2v) is 5.34. The summed E-state index contributed by atoms with van der Waals surface area (Å²) in [4.78, 5) is 24.3. The lowest BCUT2D eigenvalue weighted by Crippen LogP contribution is -2.44. The first kappa shape index (κ1) is 12.5. The second kappa shape index (κ2) is 5.49. The van der Waals surface area contributed by atoms with Crippen molar-refractivity contribution in [3.63, 3.8) is 0 Å². The lowest BCUT2D eigenvalue weighted by atomic mass is 10.3. The molecule has 1 fully saturated rings. The minimum Gasteiger partial charge on any atom is -0.351 e. The van der Waals surface area contributed by atoms with Crippen molar-refractivity contribution >= 4 is 27.7 Å². The third-order valence-electron chi connectivity index (χ3n) is 2.42. The molecule has 0 bridgehead atoms. The van der Waals surface area contributed by atoms with Gasteiger partial charge in [-0.25, -0.2) is 0 Å². The Morgan fingerprint density at radius 1 is 1.60 bits per heavy atom. The van der Waals surface area contributed by atoms with Crippen LogP contribution in [0.3, 0.4) is 0 Å². The second-order valence-electron chi connectivity index (χ2n) is 3.97. The summed E-state index contributed by atoms with van der Waals surface area (Å²) in [6.45, 7) is 5.13. The molecule has 0 aliphatic carbocycles. The van der Waals surface area contributed by atoms with Gasteiger partial charge in [0, 0.05) is 25.6 Å². The van der Waals surface area contributed by atoms with Crippen LogP contribution in [0.4, 0.5) is 0 Å². The Hall–Kier alpha value is -0.580. The summed E-state index contributed by atoms with van der Waals surface area (Å²) in [6, 6.07) is 0.0135. The number of likely N-dealkylation sites (tertiary alicyclic amines) is 1. The Labute approximate surface area is 98.5 Å². The molecule has 0 aromatic carbocycles. The normalized spacial score (nSPS) is 20.2. The predicted octanol–water partition coefficient (Wildman–Crippen LogP) is 0.897. The van der Waals surface area contributed by atoms with Gasteiger partial charge in [-0.1, -0.05) is 15.9 Å². The Balaban J connectivity index is 2.32. The molecular weight excluding hydrogens is 260 g/mol. The smallest absolute Gasteiger partial charge is 0.233 e. The van der Waals surface area contributed by atoms with Crippen LogP contribution in [0.15, 0.2) is 0 Å². The maximum atomic E-state index is 11.3. The zero-order valence-corrected chi connectivity index (χ0v) is 10.7. The van der Waals surface area contributed by atoms with Crippen LogP contribution < -0.4 is 5.32 Å². The zero-order chi connectivity index (χ0) is 11.4. The highest BCUT2D eigenvalue weighted by Crippen LogP contribution is 2.09. The Morgan fingerprint density at radius 2 is 2.27 bits per heavy atom. The first-order chi connectivity index (χ1) is 7.00. The molecule has 1 aliphatic heterocycles. The van der Waals surface area contributed by atoms with Gasteiger partial charge in [0.25, 0.3) is 0 Å². The minimum atomic E-state index is -0.186. The number of halogens is 1. The quantitative estimate of drug-likeness (QED) is 0.776. The van der Waals surface area contributed by atoms with E-state index in [4.69, 9.17) is 0 Å². The van der Waals surface area contributed by atoms with Crippen LogP contribution in [0, 0.1) is 0 Å². The summed E-state index contributed by atoms with van der Waals surface area (Å²) in [5, 5.41) is 2.85. The number of nitrogens with zero attached hydrogens (tertiary/aromatic N) is 1. The van der Waals surface area contributed by atoms with Crippen LogP contribution in [-0.4, -0.2) is 40.7 Å². The Kier molecular flexibility index (Phi) is 4.57. The van der Waals surface area contributed by atoms with E-state index in [2.05, 4.69) is 21.2 Å². The van der Waals surface area contributed by atoms with E-state index in [1.54, 1.807) is 6.92 Å². The lowest BCUT2D eigenvalue weighted by Gasteiger charge is -2.22. The molecule has 2 atom stereocenters. The van der Waals surface area contributed by atoms with Gasteiger partial charge in [-0.05, 0) is 20.3 Å². The van der Waals surface area contributed by atoms with Gasteiger partial charge in [0.2, 0.25) is 11.8 Å². The number of nitrogens with one attached hydrogen (secondary N) is 1. The molecule has 0 aromatic rings. The molecular formula is C10H17BrN2O2. The van der Waals surface area contributed by atoms with Crippen molar-refractivity contribution in [3.8, 4) is 0 Å². The molecule has 0 radical (unpaired) electrons. The van der Waals surface area contributed by atoms with Crippen molar-refractivity contribution in [2.45, 2.75) is 37.6 Å². The highest BCUT2D eigenvalue weighted by Gasteiger charge is 2.22. The molecule has 2 amide bonds. The van der Waals surface area contributed by atoms with Crippen LogP contribution in [0.2, 0.25) is 0 Å². The number of carbonyl (C=O) groups is 2. The standard InChI is InChI=1S/C10H17BrN2O2/c1-7(12-10(15)8(2)11)6-13-5-3-4-9(13)14/h7-8H,3-6H2,1-2H3,(H,12,15). The zero-order valence-electron chi connectivity index (χ0n) is 9.12. The van der Waals surface area contributed by atoms with E-state index >= 15 is 0 Å². The number of hydrogen-bond donors (Lipinski definition) is 1. The number of carbonyl (C=O) groups excluding carboxylic acids is 2. The third kappa shape index (κ3) is 3.81. The highest BCUT2D eigenvalue weighted by molar-refractivity contribution is 9.10. The Morgan fingerprint density at radius 3 is 2.73 bits per heavy atom. The van der Waals surface area contributed by atoms with E-state index in [1.165, 1.54) is 0 Å². The first-order valence-corrected chi connectivity index (χ1v) is 6.14. The van der Waals surface area contributed by atoms with Crippen LogP contribution in [-0.2, 0) is 9.59 Å². The van der Waals surface area contributed by atoms with Gasteiger partial charge in [-0.2, -0.15) is 0 Å². The fourth-order valence-corrected chi connectivity index (χ4v) is 1.76. The fraction of sp³-hybridized carbons (Fsp3) is 0.800. The SMILES string of the molecule is CC(CN1CCCC1=O)NC(=O)C(C)Br. The maximum Gasteiger partial charge on any atom is 0.233 e. The highest BCUT2D eigenvalue weighted by atomic mass is 79.9. The summed E-state index contributed by atoms with van der Waals surface area (Å²) in [7, 11) is 0. The molecule has 1 aliphatic rings. The van der Waals surface area contributed by atoms with E-state index in [9.17, 15) is 9.59 Å². The van der Waals surface area contributed by atoms with Crippen LogP contribution in [0.1, 0.15) is 26.7 Å². The van der Waals surface area contributed by atoms with Gasteiger partial charge in [0.05, 0.1) is 4.83 Å². The van der Waals surface area contributed by atoms with E-state index < -0.39 is 0 Å². The predicted molar refractivity (Wildman–Crippen MR) is 61.8 cm³/mol. The molecule has 2 unspecified atom stereocenters. The van der Waals surface area contributed by atoms with Gasteiger partial charge < -0.3 is 10.2 Å². The van der Waals surface area contributed by atoms with E-state index in [0.29, 0.717) is 13.0 Å². The molecule has 86 valence electrons. The number of amides is 2. The lowest BCUT2D eigenvalue weighted by molar-refractivity contribution is -0.128. The van der Waals surface area contributed by atoms with Gasteiger partial charge in [0.1, 0.15) is 0 Å². The molecule has 1 heterocycles. The molecule has 0 spiro atoms. The number of rotatable bonds is 4. The van der Waals surface area contributed by atoms with E-state index in [-0.39, 0.29) is 22.7 Å². The minimum absolute atomic E-state index is 0.0135. The molecule has 15 heavy (non-hydrogen) atoms. The largest absolute Gasteiger partial charge is 0.351 e. The Bertz CT molecular complexity index is 256. The van der Waals surface area contributed by atoms with Crippen molar-refractivity contribution in [3.05, 3.63) is 0 Å². The fourth-order valence-electron chi connectivity index (χ4n) is 1.63. The van der Waals surface area contributed by atoms with Crippen molar-refractivity contribution < 1.29 is 9.59 Å². The average Bonchev–Trinajstić information content (AvgIpc) is 2.51. The van der Waals surface area contributed by atoms with Crippen LogP contribution >= 0.6 is 15.9 Å². The third-order valence-corrected chi connectivity index (χ3v) is 2.83. The maximum absolute atomic E-state index is 11.3. The molecule has 0 aromatic heterocycles. The summed E-state index contributed by atoms with van der Waals surface area (Å²) in [5.41, 5.74) is 0. The summed E-state index contributed by atoms with van der Waals surface area (Å²) in [5.74, 6) is 0.164. The van der Waals surface area contributed by atoms with Crippen molar-refractivity contribution in [2.75, 3.05) is 13.1 Å². The van der Waals surface area contributed by atoms with Gasteiger partial charge in [-0.15, -0.1) is 0 Å². The van der Waals surface area contributed by atoms with Crippen molar-refractivity contribution in [1.29, 1.82) is 0 Å². The molecule has 0 saturated carbocycles. The molecule has 1 saturated heterocycles. The van der Waals surface area contributed by atoms with Crippen molar-refractivity contribution in [1.82, 2.24) is 10.2 Å². The first-order valence-electron chi connectivity index (χ1n) is 5.23. The molecule has 1 rings (SSSR count). The van der Waals surface area contributed by atoms with E-state index in [1.807, 2.05) is 11.8 Å². The van der Waals surface area contributed by atoms with Crippen LogP contribution in [0.25, 0.3) is 0 Å². The summed E-state index contributed by atoms with van der Waals surface area (Å²) >= 11 is 3.20. The summed E-state index contributed by atoms with van der Waals surface area (Å²) in [6.07, 6.45) is 1.59. The van der Waals surface area contributed by atoms with Crippen LogP contribution in [0.5, 0.6) is 0 Å².